The van der Waals surface area contributed by atoms with Crippen LogP contribution < -0.4 is 4.90 Å². The molecule has 0 aliphatic rings. The Balaban J connectivity index is 2.82. The fourth-order valence-corrected chi connectivity index (χ4v) is 0.880. The van der Waals surface area contributed by atoms with Crippen molar-refractivity contribution < 1.29 is 4.79 Å². The van der Waals surface area contributed by atoms with Gasteiger partial charge in [-0.25, -0.2) is 0 Å². The Kier molecular flexibility index (Phi) is 2.66. The van der Waals surface area contributed by atoms with Gasteiger partial charge >= 0.3 is 0 Å². The van der Waals surface area contributed by atoms with Crippen LogP contribution in [0.1, 0.15) is 6.92 Å². The molecule has 1 aromatic carbocycles. The normalized spacial score (nSPS) is 9.18. The summed E-state index contributed by atoms with van der Waals surface area (Å²) >= 11 is 0. The number of carbonyl (C=O) groups is 1. The molecule has 0 fully saturated rings. The number of benzene rings is 1. The van der Waals surface area contributed by atoms with Gasteiger partial charge in [0.2, 0.25) is 6.41 Å². The van der Waals surface area contributed by atoms with Crippen LogP contribution >= 0.6 is 0 Å². The summed E-state index contributed by atoms with van der Waals surface area (Å²) in [6.45, 7) is 2.63. The number of nitrogens with zero attached hydrogens (tertiary/aromatic N) is 1. The van der Waals surface area contributed by atoms with E-state index in [1.807, 2.05) is 25.1 Å². The highest BCUT2D eigenvalue weighted by Crippen LogP contribution is 2.09. The predicted molar refractivity (Wildman–Crippen MR) is 44.4 cm³/mol. The van der Waals surface area contributed by atoms with E-state index in [4.69, 9.17) is 0 Å². The molecule has 2 heteroatoms. The van der Waals surface area contributed by atoms with Gasteiger partial charge in [0.1, 0.15) is 0 Å². The van der Waals surface area contributed by atoms with Crippen molar-refractivity contribution in [1.29, 1.82) is 0 Å². The smallest absolute Gasteiger partial charge is 0.214 e. The molecule has 1 radical (unpaired) electrons. The fourth-order valence-electron chi connectivity index (χ4n) is 0.880. The molecule has 0 saturated carbocycles. The first-order valence-electron chi connectivity index (χ1n) is 3.56. The van der Waals surface area contributed by atoms with Crippen molar-refractivity contribution in [2.45, 2.75) is 6.92 Å². The summed E-state index contributed by atoms with van der Waals surface area (Å²) < 4.78 is 0. The van der Waals surface area contributed by atoms with Gasteiger partial charge in [-0.1, -0.05) is 12.1 Å². The highest BCUT2D eigenvalue weighted by atomic mass is 16.1. The number of amides is 1. The quantitative estimate of drug-likeness (QED) is 0.594. The molecule has 11 heavy (non-hydrogen) atoms. The molecule has 0 unspecified atom stereocenters. The third-order valence-corrected chi connectivity index (χ3v) is 1.49. The van der Waals surface area contributed by atoms with Crippen molar-refractivity contribution in [3.8, 4) is 0 Å². The largest absolute Gasteiger partial charge is 0.315 e. The molecule has 0 N–H and O–H groups in total. The summed E-state index contributed by atoms with van der Waals surface area (Å²) in [7, 11) is 0. The molecule has 0 bridgehead atoms. The third-order valence-electron chi connectivity index (χ3n) is 1.49. The molecule has 0 heterocycles. The predicted octanol–water partition coefficient (Wildman–Crippen LogP) is 1.47. The molecule has 0 aliphatic heterocycles. The summed E-state index contributed by atoms with van der Waals surface area (Å²) in [5, 5.41) is 0. The topological polar surface area (TPSA) is 20.3 Å². The fraction of sp³-hybridized carbons (Fsp3) is 0.222. The molecule has 1 aromatic rings. The number of hydrogen-bond acceptors (Lipinski definition) is 1. The molecule has 0 aromatic heterocycles. The summed E-state index contributed by atoms with van der Waals surface area (Å²) in [6.07, 6.45) is 0.823. The van der Waals surface area contributed by atoms with Gasteiger partial charge in [0.05, 0.1) is 0 Å². The Labute approximate surface area is 66.4 Å². The molecule has 0 spiro atoms. The summed E-state index contributed by atoms with van der Waals surface area (Å²) in [5.41, 5.74) is 0.894. The molecular weight excluding hydrogens is 138 g/mol. The van der Waals surface area contributed by atoms with Crippen LogP contribution in [-0.4, -0.2) is 13.0 Å². The minimum Gasteiger partial charge on any atom is -0.315 e. The van der Waals surface area contributed by atoms with Crippen LogP contribution in [0.2, 0.25) is 0 Å². The molecule has 2 nitrogen and oxygen atoms in total. The van der Waals surface area contributed by atoms with Crippen LogP contribution in [-0.2, 0) is 4.79 Å². The van der Waals surface area contributed by atoms with E-state index in [1.165, 1.54) is 0 Å². The van der Waals surface area contributed by atoms with Crippen LogP contribution in [0.4, 0.5) is 5.69 Å². The van der Waals surface area contributed by atoms with E-state index in [2.05, 4.69) is 6.07 Å². The van der Waals surface area contributed by atoms with E-state index in [-0.39, 0.29) is 0 Å². The van der Waals surface area contributed by atoms with Gasteiger partial charge in [0.25, 0.3) is 0 Å². The first-order chi connectivity index (χ1) is 5.38. The average molecular weight is 148 g/mol. The first kappa shape index (κ1) is 7.79. The maximum absolute atomic E-state index is 10.4. The lowest BCUT2D eigenvalue weighted by atomic mass is 10.3. The SMILES string of the molecule is CCN(C=O)c1c[c]ccc1. The molecular formula is C9H10NO. The molecule has 1 rings (SSSR count). The molecule has 0 saturated heterocycles. The second-order valence-electron chi connectivity index (χ2n) is 2.15. The molecule has 0 atom stereocenters. The van der Waals surface area contributed by atoms with E-state index in [0.29, 0.717) is 6.54 Å². The van der Waals surface area contributed by atoms with E-state index in [9.17, 15) is 4.79 Å². The van der Waals surface area contributed by atoms with E-state index in [0.717, 1.165) is 12.1 Å². The second kappa shape index (κ2) is 3.76. The minimum absolute atomic E-state index is 0.696. The Morgan fingerprint density at radius 3 is 3.00 bits per heavy atom. The van der Waals surface area contributed by atoms with Crippen LogP contribution in [0.3, 0.4) is 0 Å². The highest BCUT2D eigenvalue weighted by molar-refractivity contribution is 5.74. The lowest BCUT2D eigenvalue weighted by Gasteiger charge is -2.13. The zero-order chi connectivity index (χ0) is 8.10. The molecule has 0 aliphatic carbocycles. The summed E-state index contributed by atoms with van der Waals surface area (Å²) in [6, 6.07) is 10.3. The van der Waals surface area contributed by atoms with Gasteiger partial charge in [-0.05, 0) is 25.1 Å². The second-order valence-corrected chi connectivity index (χ2v) is 2.15. The van der Waals surface area contributed by atoms with E-state index in [1.54, 1.807) is 11.0 Å². The van der Waals surface area contributed by atoms with Crippen molar-refractivity contribution in [3.63, 3.8) is 0 Å². The van der Waals surface area contributed by atoms with Crippen molar-refractivity contribution in [1.82, 2.24) is 0 Å². The number of anilines is 1. The Morgan fingerprint density at radius 2 is 2.55 bits per heavy atom. The zero-order valence-electron chi connectivity index (χ0n) is 6.45. The Hall–Kier alpha value is -1.31. The lowest BCUT2D eigenvalue weighted by molar-refractivity contribution is -0.107. The van der Waals surface area contributed by atoms with E-state index < -0.39 is 0 Å². The summed E-state index contributed by atoms with van der Waals surface area (Å²) in [5.74, 6) is 0. The van der Waals surface area contributed by atoms with Crippen LogP contribution in [0.25, 0.3) is 0 Å². The minimum atomic E-state index is 0.696. The van der Waals surface area contributed by atoms with Crippen LogP contribution in [0, 0.1) is 6.07 Å². The van der Waals surface area contributed by atoms with Gasteiger partial charge in [0, 0.05) is 12.2 Å². The molecule has 57 valence electrons. The monoisotopic (exact) mass is 148 g/mol. The number of rotatable bonds is 3. The number of carbonyl (C=O) groups excluding carboxylic acids is 1. The lowest BCUT2D eigenvalue weighted by Crippen LogP contribution is -2.19. The maximum atomic E-state index is 10.4. The average Bonchev–Trinajstić information content (AvgIpc) is 2.09. The molecule has 1 amide bonds. The van der Waals surface area contributed by atoms with E-state index >= 15 is 0 Å². The van der Waals surface area contributed by atoms with Gasteiger partial charge < -0.3 is 4.90 Å². The van der Waals surface area contributed by atoms with Crippen molar-refractivity contribution >= 4 is 12.1 Å². The summed E-state index contributed by atoms with van der Waals surface area (Å²) in [4.78, 5) is 12.1. The van der Waals surface area contributed by atoms with Crippen molar-refractivity contribution in [2.75, 3.05) is 11.4 Å². The van der Waals surface area contributed by atoms with Crippen LogP contribution in [0.15, 0.2) is 24.3 Å². The number of hydrogen-bond donors (Lipinski definition) is 0. The van der Waals surface area contributed by atoms with Crippen molar-refractivity contribution in [3.05, 3.63) is 30.3 Å². The van der Waals surface area contributed by atoms with Gasteiger partial charge in [-0.15, -0.1) is 0 Å². The first-order valence-corrected chi connectivity index (χ1v) is 3.56. The third kappa shape index (κ3) is 1.80. The van der Waals surface area contributed by atoms with Gasteiger partial charge in [-0.2, -0.15) is 0 Å². The van der Waals surface area contributed by atoms with Gasteiger partial charge in [-0.3, -0.25) is 4.79 Å². The van der Waals surface area contributed by atoms with Gasteiger partial charge in [0.15, 0.2) is 0 Å². The van der Waals surface area contributed by atoms with Crippen LogP contribution in [0.5, 0.6) is 0 Å². The highest BCUT2D eigenvalue weighted by Gasteiger charge is 1.98. The maximum Gasteiger partial charge on any atom is 0.214 e. The standard InChI is InChI=1S/C9H10NO/c1-2-10(8-11)9-6-4-3-5-7-9/h3-4,6-8H,2H2,1H3. The Bertz CT molecular complexity index is 220. The van der Waals surface area contributed by atoms with Crippen molar-refractivity contribution in [2.24, 2.45) is 0 Å². The Morgan fingerprint density at radius 1 is 1.73 bits per heavy atom. The zero-order valence-corrected chi connectivity index (χ0v) is 6.45.